The molecule has 1 saturated heterocycles. The Bertz CT molecular complexity index is 1080. The van der Waals surface area contributed by atoms with Crippen molar-refractivity contribution in [3.05, 3.63) is 90.0 Å². The highest BCUT2D eigenvalue weighted by Gasteiger charge is 2.18. The van der Waals surface area contributed by atoms with Gasteiger partial charge < -0.3 is 20.7 Å². The Balaban J connectivity index is 1.32. The van der Waals surface area contributed by atoms with Gasteiger partial charge in [-0.25, -0.2) is 0 Å². The van der Waals surface area contributed by atoms with Crippen LogP contribution in [0.15, 0.2) is 78.9 Å². The fraction of sp³-hybridized carbons (Fsp3) is 0.231. The molecule has 7 nitrogen and oxygen atoms in total. The summed E-state index contributed by atoms with van der Waals surface area (Å²) in [6.45, 7) is 4.64. The van der Waals surface area contributed by atoms with Crippen LogP contribution < -0.4 is 20.7 Å². The number of carbonyl (C=O) groups excluding carboxylic acids is 2. The molecule has 1 fully saturated rings. The number of anilines is 2. The van der Waals surface area contributed by atoms with Crippen LogP contribution in [0.3, 0.4) is 0 Å². The Morgan fingerprint density at radius 1 is 0.848 bits per heavy atom. The van der Waals surface area contributed by atoms with Crippen molar-refractivity contribution in [3.8, 4) is 5.75 Å². The Kier molecular flexibility index (Phi) is 7.22. The molecule has 0 atom stereocenters. The zero-order valence-electron chi connectivity index (χ0n) is 18.4. The van der Waals surface area contributed by atoms with Crippen molar-refractivity contribution in [1.82, 2.24) is 4.90 Å². The molecule has 1 aliphatic rings. The van der Waals surface area contributed by atoms with Crippen molar-refractivity contribution in [1.29, 1.82) is 0 Å². The number of amides is 2. The van der Waals surface area contributed by atoms with E-state index in [9.17, 15) is 9.59 Å². The van der Waals surface area contributed by atoms with Gasteiger partial charge in [0.1, 0.15) is 5.75 Å². The van der Waals surface area contributed by atoms with Crippen molar-refractivity contribution >= 4 is 23.2 Å². The molecule has 7 heteroatoms. The molecule has 0 radical (unpaired) electrons. The number of piperazine rings is 1. The van der Waals surface area contributed by atoms with E-state index in [1.807, 2.05) is 30.3 Å². The van der Waals surface area contributed by atoms with Crippen molar-refractivity contribution in [2.75, 3.05) is 43.0 Å². The summed E-state index contributed by atoms with van der Waals surface area (Å²) in [5, 5.41) is 2.89. The molecule has 0 bridgehead atoms. The van der Waals surface area contributed by atoms with Crippen LogP contribution >= 0.6 is 0 Å². The molecule has 1 heterocycles. The first kappa shape index (κ1) is 22.4. The molecule has 2 amide bonds. The molecule has 3 aromatic rings. The van der Waals surface area contributed by atoms with Gasteiger partial charge in [-0.3, -0.25) is 14.5 Å². The van der Waals surface area contributed by atoms with E-state index in [0.717, 1.165) is 38.4 Å². The third-order valence-electron chi connectivity index (χ3n) is 5.61. The fourth-order valence-corrected chi connectivity index (χ4v) is 3.89. The van der Waals surface area contributed by atoms with Gasteiger partial charge >= 0.3 is 0 Å². The average Bonchev–Trinajstić information content (AvgIpc) is 2.84. The van der Waals surface area contributed by atoms with Gasteiger partial charge in [-0.2, -0.15) is 0 Å². The fourth-order valence-electron chi connectivity index (χ4n) is 3.89. The summed E-state index contributed by atoms with van der Waals surface area (Å²) in [7, 11) is 0. The third-order valence-corrected chi connectivity index (χ3v) is 5.61. The van der Waals surface area contributed by atoms with Crippen LogP contribution in [-0.4, -0.2) is 49.5 Å². The van der Waals surface area contributed by atoms with E-state index in [0.29, 0.717) is 17.0 Å². The first-order valence-corrected chi connectivity index (χ1v) is 11.0. The van der Waals surface area contributed by atoms with Gasteiger partial charge in [0.15, 0.2) is 6.61 Å². The Morgan fingerprint density at radius 3 is 2.21 bits per heavy atom. The number of rotatable bonds is 8. The smallest absolute Gasteiger partial charge is 0.259 e. The molecule has 3 N–H and O–H groups in total. The predicted molar refractivity (Wildman–Crippen MR) is 129 cm³/mol. The highest BCUT2D eigenvalue weighted by molar-refractivity contribution is 6.06. The van der Waals surface area contributed by atoms with E-state index in [1.165, 1.54) is 5.56 Å². The van der Waals surface area contributed by atoms with Crippen LogP contribution in [0, 0.1) is 0 Å². The van der Waals surface area contributed by atoms with E-state index in [4.69, 9.17) is 10.5 Å². The van der Waals surface area contributed by atoms with Gasteiger partial charge in [0.2, 0.25) is 0 Å². The molecule has 0 unspecified atom stereocenters. The molecular formula is C26H28N4O3. The minimum atomic E-state index is -0.596. The van der Waals surface area contributed by atoms with E-state index >= 15 is 0 Å². The summed E-state index contributed by atoms with van der Waals surface area (Å²) in [4.78, 5) is 28.6. The molecule has 170 valence electrons. The quantitative estimate of drug-likeness (QED) is 0.557. The van der Waals surface area contributed by atoms with E-state index in [-0.39, 0.29) is 12.5 Å². The molecule has 0 aromatic heterocycles. The summed E-state index contributed by atoms with van der Waals surface area (Å²) in [5.74, 6) is -0.585. The van der Waals surface area contributed by atoms with Crippen molar-refractivity contribution in [2.24, 2.45) is 5.73 Å². The van der Waals surface area contributed by atoms with Crippen LogP contribution in [0.25, 0.3) is 0 Å². The van der Waals surface area contributed by atoms with E-state index in [2.05, 4.69) is 39.4 Å². The maximum atomic E-state index is 12.7. The van der Waals surface area contributed by atoms with Crippen molar-refractivity contribution in [3.63, 3.8) is 0 Å². The normalized spacial score (nSPS) is 14.0. The summed E-state index contributed by atoms with van der Waals surface area (Å²) >= 11 is 0. The molecule has 0 aliphatic carbocycles. The van der Waals surface area contributed by atoms with Gasteiger partial charge in [-0.1, -0.05) is 42.5 Å². The molecular weight excluding hydrogens is 416 g/mol. The lowest BCUT2D eigenvalue weighted by atomic mass is 10.1. The number of carbonyl (C=O) groups is 2. The van der Waals surface area contributed by atoms with Crippen molar-refractivity contribution < 1.29 is 14.3 Å². The number of nitrogens with one attached hydrogen (secondary N) is 1. The molecule has 0 spiro atoms. The number of benzene rings is 3. The van der Waals surface area contributed by atoms with Crippen LogP contribution in [0.1, 0.15) is 15.9 Å². The summed E-state index contributed by atoms with van der Waals surface area (Å²) in [6, 6.07) is 25.2. The second-order valence-corrected chi connectivity index (χ2v) is 8.00. The van der Waals surface area contributed by atoms with Crippen LogP contribution in [0.4, 0.5) is 11.4 Å². The lowest BCUT2D eigenvalue weighted by Crippen LogP contribution is -2.45. The zero-order valence-corrected chi connectivity index (χ0v) is 18.4. The molecule has 0 saturated carbocycles. The van der Waals surface area contributed by atoms with Gasteiger partial charge in [0, 0.05) is 44.1 Å². The molecule has 33 heavy (non-hydrogen) atoms. The molecule has 1 aliphatic heterocycles. The number of nitrogens with zero attached hydrogens (tertiary/aromatic N) is 2. The zero-order chi connectivity index (χ0) is 23.0. The topological polar surface area (TPSA) is 87.9 Å². The average molecular weight is 445 g/mol. The Labute approximate surface area is 193 Å². The lowest BCUT2D eigenvalue weighted by Gasteiger charge is -2.36. The molecule has 3 aromatic carbocycles. The second kappa shape index (κ2) is 10.7. The minimum absolute atomic E-state index is 0.280. The van der Waals surface area contributed by atoms with Gasteiger partial charge in [-0.05, 0) is 42.0 Å². The largest absolute Gasteiger partial charge is 0.483 e. The Hall–Kier alpha value is -3.84. The number of primary amides is 1. The number of ether oxygens (including phenoxy) is 1. The van der Waals surface area contributed by atoms with Crippen LogP contribution in [0.5, 0.6) is 5.75 Å². The summed E-state index contributed by atoms with van der Waals surface area (Å²) < 4.78 is 5.36. The van der Waals surface area contributed by atoms with Crippen molar-refractivity contribution in [2.45, 2.75) is 6.54 Å². The van der Waals surface area contributed by atoms with Gasteiger partial charge in [-0.15, -0.1) is 0 Å². The molecule has 4 rings (SSSR count). The predicted octanol–water partition coefficient (Wildman–Crippen LogP) is 3.13. The number of para-hydroxylation sites is 1. The number of hydrogen-bond donors (Lipinski definition) is 2. The first-order chi connectivity index (χ1) is 16.1. The summed E-state index contributed by atoms with van der Waals surface area (Å²) in [5.41, 5.74) is 8.65. The lowest BCUT2D eigenvalue weighted by molar-refractivity contribution is -0.119. The maximum Gasteiger partial charge on any atom is 0.259 e. The first-order valence-electron chi connectivity index (χ1n) is 11.0. The number of hydrogen-bond acceptors (Lipinski definition) is 5. The summed E-state index contributed by atoms with van der Waals surface area (Å²) in [6.07, 6.45) is 0. The third kappa shape index (κ3) is 6.11. The highest BCUT2D eigenvalue weighted by Crippen LogP contribution is 2.23. The SMILES string of the molecule is NC(=O)COc1ccccc1C(=O)Nc1ccc(N2CCN(Cc3ccccc3)CC2)cc1. The standard InChI is InChI=1S/C26H28N4O3/c27-25(31)19-33-24-9-5-4-8-23(24)26(32)28-21-10-12-22(13-11-21)30-16-14-29(15-17-30)18-20-6-2-1-3-7-20/h1-13H,14-19H2,(H2,27,31)(H,28,32). The minimum Gasteiger partial charge on any atom is -0.483 e. The van der Waals surface area contributed by atoms with Gasteiger partial charge in [0.05, 0.1) is 5.56 Å². The van der Waals surface area contributed by atoms with Gasteiger partial charge in [0.25, 0.3) is 11.8 Å². The van der Waals surface area contributed by atoms with E-state index in [1.54, 1.807) is 24.3 Å². The maximum absolute atomic E-state index is 12.7. The van der Waals surface area contributed by atoms with Crippen LogP contribution in [0.2, 0.25) is 0 Å². The monoisotopic (exact) mass is 444 g/mol. The highest BCUT2D eigenvalue weighted by atomic mass is 16.5. The number of nitrogens with two attached hydrogens (primary N) is 1. The van der Waals surface area contributed by atoms with Crippen LogP contribution in [-0.2, 0) is 11.3 Å². The second-order valence-electron chi connectivity index (χ2n) is 8.00. The Morgan fingerprint density at radius 2 is 1.52 bits per heavy atom. The van der Waals surface area contributed by atoms with E-state index < -0.39 is 5.91 Å².